The molecule has 0 aliphatic heterocycles. The number of aliphatic carboxylic acids is 1. The fourth-order valence-electron chi connectivity index (χ4n) is 2.01. The van der Waals surface area contributed by atoms with Crippen LogP contribution in [0.3, 0.4) is 0 Å². The number of aromatic nitrogens is 2. The normalized spacial score (nSPS) is 10.7. The van der Waals surface area contributed by atoms with Crippen LogP contribution in [0.15, 0.2) is 23.4 Å². The maximum absolute atomic E-state index is 10.8. The van der Waals surface area contributed by atoms with Gasteiger partial charge in [0, 0.05) is 12.3 Å². The molecule has 1 N–H and O–H groups in total. The molecule has 1 heterocycles. The van der Waals surface area contributed by atoms with Gasteiger partial charge in [-0.25, -0.2) is 4.98 Å². The average molecular weight is 320 g/mol. The summed E-state index contributed by atoms with van der Waals surface area (Å²) in [6.45, 7) is 2.78. The van der Waals surface area contributed by atoms with Crippen LogP contribution in [0, 0.1) is 19.3 Å². The van der Waals surface area contributed by atoms with Crippen LogP contribution in [0.2, 0.25) is 0 Å². The Kier molecular flexibility index (Phi) is 5.59. The summed E-state index contributed by atoms with van der Waals surface area (Å²) in [5, 5.41) is 9.61. The first-order valence-electron chi connectivity index (χ1n) is 6.45. The van der Waals surface area contributed by atoms with Crippen molar-refractivity contribution in [3.63, 3.8) is 0 Å². The van der Waals surface area contributed by atoms with Crippen LogP contribution in [0.5, 0.6) is 0 Å². The van der Waals surface area contributed by atoms with Gasteiger partial charge in [0.25, 0.3) is 0 Å². The van der Waals surface area contributed by atoms with Crippen molar-refractivity contribution in [3.05, 3.63) is 23.8 Å². The third-order valence-corrected chi connectivity index (χ3v) is 4.72. The smallest absolute Gasteiger partial charge is 0.313 e. The zero-order valence-corrected chi connectivity index (χ0v) is 13.3. The van der Waals surface area contributed by atoms with E-state index in [4.69, 9.17) is 11.5 Å². The minimum absolute atomic E-state index is 0.0138. The Morgan fingerprint density at radius 2 is 2.33 bits per heavy atom. The molecule has 21 heavy (non-hydrogen) atoms. The first-order chi connectivity index (χ1) is 10.1. The lowest BCUT2D eigenvalue weighted by Crippen LogP contribution is -2.05. The highest BCUT2D eigenvalue weighted by Crippen LogP contribution is 2.26. The van der Waals surface area contributed by atoms with Crippen LogP contribution >= 0.6 is 23.5 Å². The van der Waals surface area contributed by atoms with E-state index in [-0.39, 0.29) is 5.75 Å². The molecule has 2 aromatic rings. The van der Waals surface area contributed by atoms with Crippen molar-refractivity contribution in [1.29, 1.82) is 0 Å². The second-order valence-electron chi connectivity index (χ2n) is 4.43. The lowest BCUT2D eigenvalue weighted by atomic mass is 10.2. The van der Waals surface area contributed by atoms with Gasteiger partial charge in [0.2, 0.25) is 0 Å². The largest absolute Gasteiger partial charge is 0.481 e. The van der Waals surface area contributed by atoms with Gasteiger partial charge in [-0.05, 0) is 18.6 Å². The summed E-state index contributed by atoms with van der Waals surface area (Å²) < 4.78 is 2.08. The maximum Gasteiger partial charge on any atom is 0.313 e. The molecule has 0 bridgehead atoms. The second-order valence-corrected chi connectivity index (χ2v) is 6.48. The van der Waals surface area contributed by atoms with Crippen LogP contribution in [0.25, 0.3) is 11.0 Å². The number of hydrogen-bond acceptors (Lipinski definition) is 4. The number of fused-ring (bicyclic) bond motifs is 1. The quantitative estimate of drug-likeness (QED) is 0.483. The Balaban J connectivity index is 2.28. The average Bonchev–Trinajstić information content (AvgIpc) is 2.81. The van der Waals surface area contributed by atoms with E-state index in [0.29, 0.717) is 5.75 Å². The highest BCUT2D eigenvalue weighted by atomic mass is 32.2. The van der Waals surface area contributed by atoms with Gasteiger partial charge in [-0.15, -0.1) is 18.2 Å². The summed E-state index contributed by atoms with van der Waals surface area (Å²) in [7, 11) is 0. The number of rotatable bonds is 7. The van der Waals surface area contributed by atoms with Gasteiger partial charge in [0.15, 0.2) is 5.16 Å². The number of carboxylic acid groups (broad SMARTS) is 1. The molecule has 1 aromatic heterocycles. The molecule has 2 rings (SSSR count). The van der Waals surface area contributed by atoms with Crippen molar-refractivity contribution >= 4 is 40.5 Å². The predicted octanol–water partition coefficient (Wildman–Crippen LogP) is 2.89. The van der Waals surface area contributed by atoms with Crippen LogP contribution in [0.4, 0.5) is 0 Å². The molecule has 0 aliphatic rings. The number of terminal acetylenes is 1. The standard InChI is InChI=1S/C15H16N2O2S2/c1-3-8-20-9-7-17-12-6-4-5-11(2)14(12)16-15(17)21-10-13(18)19/h1,4-6H,7-10H2,2H3,(H,18,19). The molecule has 0 atom stereocenters. The van der Waals surface area contributed by atoms with Gasteiger partial charge in [0.05, 0.1) is 22.5 Å². The highest BCUT2D eigenvalue weighted by Gasteiger charge is 2.13. The Hall–Kier alpha value is -1.58. The van der Waals surface area contributed by atoms with Crippen LogP contribution in [0.1, 0.15) is 5.56 Å². The van der Waals surface area contributed by atoms with Gasteiger partial charge in [-0.2, -0.15) is 0 Å². The van der Waals surface area contributed by atoms with Crippen molar-refractivity contribution in [2.45, 2.75) is 18.6 Å². The number of benzene rings is 1. The molecular weight excluding hydrogens is 304 g/mol. The molecule has 1 aromatic carbocycles. The number of hydrogen-bond donors (Lipinski definition) is 1. The van der Waals surface area contributed by atoms with Gasteiger partial charge < -0.3 is 9.67 Å². The first-order valence-corrected chi connectivity index (χ1v) is 8.59. The Bertz CT molecular complexity index is 689. The third-order valence-electron chi connectivity index (χ3n) is 2.91. The number of aryl methyl sites for hydroxylation is 2. The van der Waals surface area contributed by atoms with Gasteiger partial charge in [0.1, 0.15) is 0 Å². The SMILES string of the molecule is C#CCSCCn1c(SCC(=O)O)nc2c(C)cccc21. The van der Waals surface area contributed by atoms with E-state index in [1.165, 1.54) is 11.8 Å². The summed E-state index contributed by atoms with van der Waals surface area (Å²) in [4.78, 5) is 15.4. The molecule has 0 amide bonds. The summed E-state index contributed by atoms with van der Waals surface area (Å²) in [6, 6.07) is 6.03. The highest BCUT2D eigenvalue weighted by molar-refractivity contribution is 8.00. The van der Waals surface area contributed by atoms with Crippen molar-refractivity contribution in [1.82, 2.24) is 9.55 Å². The van der Waals surface area contributed by atoms with E-state index >= 15 is 0 Å². The fraction of sp³-hybridized carbons (Fsp3) is 0.333. The molecule has 0 aliphatic carbocycles. The zero-order chi connectivity index (χ0) is 15.2. The van der Waals surface area contributed by atoms with E-state index in [0.717, 1.165) is 34.1 Å². The number of carbonyl (C=O) groups is 1. The summed E-state index contributed by atoms with van der Waals surface area (Å²) in [6.07, 6.45) is 5.25. The summed E-state index contributed by atoms with van der Waals surface area (Å²) >= 11 is 2.94. The maximum atomic E-state index is 10.8. The number of nitrogens with zero attached hydrogens (tertiary/aromatic N) is 2. The number of thioether (sulfide) groups is 2. The summed E-state index contributed by atoms with van der Waals surface area (Å²) in [5.41, 5.74) is 3.08. The first kappa shape index (κ1) is 15.8. The fourth-order valence-corrected chi connectivity index (χ4v) is 3.33. The van der Waals surface area contributed by atoms with Gasteiger partial charge in [-0.1, -0.05) is 29.8 Å². The molecule has 6 heteroatoms. The second kappa shape index (κ2) is 7.43. The van der Waals surface area contributed by atoms with E-state index < -0.39 is 5.97 Å². The van der Waals surface area contributed by atoms with Crippen molar-refractivity contribution in [2.24, 2.45) is 0 Å². The molecular formula is C15H16N2O2S2. The lowest BCUT2D eigenvalue weighted by molar-refractivity contribution is -0.133. The topological polar surface area (TPSA) is 55.1 Å². The molecule has 0 radical (unpaired) electrons. The molecule has 0 fully saturated rings. The Labute approximate surface area is 132 Å². The predicted molar refractivity (Wildman–Crippen MR) is 89.0 cm³/mol. The van der Waals surface area contributed by atoms with E-state index in [1.807, 2.05) is 25.1 Å². The molecule has 110 valence electrons. The Morgan fingerprint density at radius 3 is 3.05 bits per heavy atom. The number of para-hydroxylation sites is 1. The lowest BCUT2D eigenvalue weighted by Gasteiger charge is -2.07. The van der Waals surface area contributed by atoms with Crippen LogP contribution in [-0.4, -0.2) is 37.9 Å². The van der Waals surface area contributed by atoms with Gasteiger partial charge in [-0.3, -0.25) is 4.79 Å². The third kappa shape index (κ3) is 3.96. The zero-order valence-electron chi connectivity index (χ0n) is 11.7. The van der Waals surface area contributed by atoms with E-state index in [9.17, 15) is 4.79 Å². The summed E-state index contributed by atoms with van der Waals surface area (Å²) in [5.74, 6) is 3.34. The van der Waals surface area contributed by atoms with Crippen molar-refractivity contribution in [2.75, 3.05) is 17.3 Å². The number of imidazole rings is 1. The van der Waals surface area contributed by atoms with Crippen molar-refractivity contribution < 1.29 is 9.90 Å². The minimum atomic E-state index is -0.836. The van der Waals surface area contributed by atoms with Gasteiger partial charge >= 0.3 is 5.97 Å². The van der Waals surface area contributed by atoms with E-state index in [2.05, 4.69) is 15.5 Å². The number of carboxylic acids is 1. The Morgan fingerprint density at radius 1 is 1.52 bits per heavy atom. The molecule has 0 spiro atoms. The van der Waals surface area contributed by atoms with E-state index in [1.54, 1.807) is 11.8 Å². The molecule has 4 nitrogen and oxygen atoms in total. The molecule has 0 saturated carbocycles. The van der Waals surface area contributed by atoms with Crippen molar-refractivity contribution in [3.8, 4) is 12.3 Å². The molecule has 0 unspecified atom stereocenters. The van der Waals surface area contributed by atoms with Crippen LogP contribution < -0.4 is 0 Å². The monoisotopic (exact) mass is 320 g/mol. The van der Waals surface area contributed by atoms with Crippen LogP contribution in [-0.2, 0) is 11.3 Å². The minimum Gasteiger partial charge on any atom is -0.481 e. The molecule has 0 saturated heterocycles.